The predicted octanol–water partition coefficient (Wildman–Crippen LogP) is 2.57. The molecule has 0 spiro atoms. The first-order valence-corrected chi connectivity index (χ1v) is 5.45. The molecule has 2 atom stereocenters. The Morgan fingerprint density at radius 2 is 1.62 bits per heavy atom. The maximum atomic E-state index is 11.7. The second-order valence-electron chi connectivity index (χ2n) is 5.14. The Labute approximate surface area is 79.2 Å². The van der Waals surface area contributed by atoms with Crippen LogP contribution in [0.15, 0.2) is 12.2 Å². The van der Waals surface area contributed by atoms with Gasteiger partial charge in [-0.1, -0.05) is 12.2 Å². The summed E-state index contributed by atoms with van der Waals surface area (Å²) in [5.41, 5.74) is 1.47. The van der Waals surface area contributed by atoms with E-state index >= 15 is 0 Å². The molecule has 1 nitrogen and oxygen atoms in total. The van der Waals surface area contributed by atoms with Crippen molar-refractivity contribution in [2.24, 2.45) is 23.7 Å². The lowest BCUT2D eigenvalue weighted by molar-refractivity contribution is -0.123. The van der Waals surface area contributed by atoms with Gasteiger partial charge in [0.1, 0.15) is 5.78 Å². The number of ketones is 1. The molecule has 1 heteroatoms. The van der Waals surface area contributed by atoms with Crippen LogP contribution in [0, 0.1) is 23.7 Å². The molecular weight excluding hydrogens is 160 g/mol. The third kappa shape index (κ3) is 1.02. The Bertz CT molecular complexity index is 261. The molecule has 4 bridgehead atoms. The van der Waals surface area contributed by atoms with Gasteiger partial charge in [0.15, 0.2) is 0 Å². The van der Waals surface area contributed by atoms with Gasteiger partial charge >= 0.3 is 0 Å². The van der Waals surface area contributed by atoms with Crippen LogP contribution in [0.3, 0.4) is 0 Å². The van der Waals surface area contributed by atoms with Crippen LogP contribution in [0.4, 0.5) is 0 Å². The number of hydrogen-bond donors (Lipinski definition) is 0. The van der Waals surface area contributed by atoms with Crippen molar-refractivity contribution >= 4 is 5.78 Å². The van der Waals surface area contributed by atoms with Crippen LogP contribution in [0.2, 0.25) is 0 Å². The van der Waals surface area contributed by atoms with Crippen LogP contribution in [-0.4, -0.2) is 5.78 Å². The van der Waals surface area contributed by atoms with Crippen molar-refractivity contribution in [3.8, 4) is 0 Å². The van der Waals surface area contributed by atoms with E-state index in [-0.39, 0.29) is 0 Å². The molecule has 4 fully saturated rings. The first-order chi connectivity index (χ1) is 6.24. The second-order valence-corrected chi connectivity index (χ2v) is 5.14. The van der Waals surface area contributed by atoms with E-state index < -0.39 is 0 Å². The zero-order valence-electron chi connectivity index (χ0n) is 7.96. The molecule has 0 radical (unpaired) electrons. The fourth-order valence-corrected chi connectivity index (χ4v) is 3.70. The van der Waals surface area contributed by atoms with E-state index in [1.165, 1.54) is 18.4 Å². The summed E-state index contributed by atoms with van der Waals surface area (Å²) in [4.78, 5) is 11.7. The van der Waals surface area contributed by atoms with Crippen LogP contribution in [0.1, 0.15) is 32.1 Å². The lowest BCUT2D eigenvalue weighted by atomic mass is 9.65. The predicted molar refractivity (Wildman–Crippen MR) is 51.2 cm³/mol. The largest absolute Gasteiger partial charge is 0.299 e. The summed E-state index contributed by atoms with van der Waals surface area (Å²) in [5, 5.41) is 0. The first-order valence-electron chi connectivity index (χ1n) is 5.45. The van der Waals surface area contributed by atoms with Gasteiger partial charge < -0.3 is 0 Å². The summed E-state index contributed by atoms with van der Waals surface area (Å²) < 4.78 is 0. The van der Waals surface area contributed by atoms with E-state index in [9.17, 15) is 4.79 Å². The molecule has 2 unspecified atom stereocenters. The van der Waals surface area contributed by atoms with Crippen molar-refractivity contribution < 1.29 is 4.79 Å². The Balaban J connectivity index is 2.00. The molecular formula is C12H16O. The molecule has 4 aliphatic rings. The summed E-state index contributed by atoms with van der Waals surface area (Å²) in [6.45, 7) is 4.21. The maximum Gasteiger partial charge on any atom is 0.136 e. The highest BCUT2D eigenvalue weighted by Crippen LogP contribution is 2.52. The van der Waals surface area contributed by atoms with Crippen molar-refractivity contribution in [1.29, 1.82) is 0 Å². The molecule has 0 aliphatic heterocycles. The molecule has 13 heavy (non-hydrogen) atoms. The van der Waals surface area contributed by atoms with E-state index in [0.29, 0.717) is 29.5 Å². The van der Waals surface area contributed by atoms with Gasteiger partial charge in [-0.05, 0) is 43.4 Å². The van der Waals surface area contributed by atoms with Gasteiger partial charge in [-0.25, -0.2) is 0 Å². The normalized spacial score (nSPS) is 48.3. The summed E-state index contributed by atoms with van der Waals surface area (Å²) in [7, 11) is 0. The van der Waals surface area contributed by atoms with Crippen molar-refractivity contribution in [3.05, 3.63) is 12.2 Å². The Kier molecular flexibility index (Phi) is 1.47. The Morgan fingerprint density at radius 1 is 1.00 bits per heavy atom. The minimum absolute atomic E-state index is 0.410. The van der Waals surface area contributed by atoms with E-state index in [0.717, 1.165) is 19.3 Å². The van der Waals surface area contributed by atoms with Gasteiger partial charge in [0.2, 0.25) is 0 Å². The van der Waals surface area contributed by atoms with Crippen LogP contribution in [-0.2, 0) is 4.79 Å². The third-order valence-electron chi connectivity index (χ3n) is 4.37. The average molecular weight is 176 g/mol. The number of fused-ring (bicyclic) bond motifs is 1. The first kappa shape index (κ1) is 7.78. The minimum atomic E-state index is 0.410. The van der Waals surface area contributed by atoms with Crippen LogP contribution < -0.4 is 0 Å². The number of carbonyl (C=O) groups excluding carboxylic acids is 1. The SMILES string of the molecule is C=C1C2CC3CC(=O)C(C2)CC1C3. The quantitative estimate of drug-likeness (QED) is 0.518. The topological polar surface area (TPSA) is 17.1 Å². The molecule has 4 aliphatic carbocycles. The Morgan fingerprint density at radius 3 is 2.23 bits per heavy atom. The molecule has 0 aromatic heterocycles. The van der Waals surface area contributed by atoms with E-state index in [1.807, 2.05) is 0 Å². The van der Waals surface area contributed by atoms with Gasteiger partial charge in [0.05, 0.1) is 0 Å². The highest BCUT2D eigenvalue weighted by atomic mass is 16.1. The smallest absolute Gasteiger partial charge is 0.136 e. The zero-order valence-corrected chi connectivity index (χ0v) is 7.96. The molecule has 0 heterocycles. The maximum absolute atomic E-state index is 11.7. The Hall–Kier alpha value is -0.590. The second kappa shape index (κ2) is 2.46. The average Bonchev–Trinajstić information content (AvgIpc) is 2.25. The minimum Gasteiger partial charge on any atom is -0.299 e. The van der Waals surface area contributed by atoms with E-state index in [2.05, 4.69) is 6.58 Å². The molecule has 0 aromatic carbocycles. The lowest BCUT2D eigenvalue weighted by Gasteiger charge is -2.40. The fourth-order valence-electron chi connectivity index (χ4n) is 3.70. The third-order valence-corrected chi connectivity index (χ3v) is 4.37. The summed E-state index contributed by atoms with van der Waals surface area (Å²) in [6.07, 6.45) is 5.66. The zero-order chi connectivity index (χ0) is 9.00. The number of carbonyl (C=O) groups is 1. The van der Waals surface area contributed by atoms with Crippen molar-refractivity contribution in [2.45, 2.75) is 32.1 Å². The fraction of sp³-hybridized carbons (Fsp3) is 0.750. The van der Waals surface area contributed by atoms with Gasteiger partial charge in [-0.2, -0.15) is 0 Å². The lowest BCUT2D eigenvalue weighted by Crippen LogP contribution is -2.30. The molecule has 4 rings (SSSR count). The summed E-state index contributed by atoms with van der Waals surface area (Å²) >= 11 is 0. The van der Waals surface area contributed by atoms with E-state index in [4.69, 9.17) is 0 Å². The standard InChI is InChI=1S/C12H16O/c1-7-9-2-8-3-10(7)6-11(5-9)12(13)4-8/h8-11H,1-6H2. The highest BCUT2D eigenvalue weighted by Gasteiger charge is 2.44. The summed E-state index contributed by atoms with van der Waals surface area (Å²) in [5.74, 6) is 3.08. The molecule has 0 aromatic rings. The van der Waals surface area contributed by atoms with Gasteiger partial charge in [0, 0.05) is 12.3 Å². The molecule has 70 valence electrons. The van der Waals surface area contributed by atoms with Crippen LogP contribution in [0.25, 0.3) is 0 Å². The van der Waals surface area contributed by atoms with Crippen LogP contribution in [0.5, 0.6) is 0 Å². The number of hydrogen-bond acceptors (Lipinski definition) is 1. The van der Waals surface area contributed by atoms with Gasteiger partial charge in [-0.3, -0.25) is 4.79 Å². The molecule has 4 saturated carbocycles. The highest BCUT2D eigenvalue weighted by molar-refractivity contribution is 5.82. The van der Waals surface area contributed by atoms with Gasteiger partial charge in [-0.15, -0.1) is 0 Å². The van der Waals surface area contributed by atoms with Crippen molar-refractivity contribution in [2.75, 3.05) is 0 Å². The number of allylic oxidation sites excluding steroid dienone is 1. The monoisotopic (exact) mass is 176 g/mol. The van der Waals surface area contributed by atoms with Crippen molar-refractivity contribution in [1.82, 2.24) is 0 Å². The summed E-state index contributed by atoms with van der Waals surface area (Å²) in [6, 6.07) is 0. The number of Topliss-reactive ketones (excluding diaryl/α,β-unsaturated/α-hetero) is 1. The van der Waals surface area contributed by atoms with Gasteiger partial charge in [0.25, 0.3) is 0 Å². The van der Waals surface area contributed by atoms with Crippen LogP contribution >= 0.6 is 0 Å². The molecule has 0 saturated heterocycles. The number of rotatable bonds is 0. The molecule has 0 amide bonds. The van der Waals surface area contributed by atoms with Crippen molar-refractivity contribution in [3.63, 3.8) is 0 Å². The van der Waals surface area contributed by atoms with E-state index in [1.54, 1.807) is 0 Å². The molecule has 0 N–H and O–H groups in total.